The third-order valence-electron chi connectivity index (χ3n) is 3.84. The monoisotopic (exact) mass is 360 g/mol. The molecule has 1 atom stereocenters. The molecule has 0 aliphatic rings. The van der Waals surface area contributed by atoms with Crippen molar-refractivity contribution in [3.05, 3.63) is 35.9 Å². The van der Waals surface area contributed by atoms with Gasteiger partial charge in [0.05, 0.1) is 13.7 Å². The lowest BCUT2D eigenvalue weighted by molar-refractivity contribution is 0.223. The highest BCUT2D eigenvalue weighted by Crippen LogP contribution is 2.19. The molecular weight excluding hydrogens is 332 g/mol. The first-order valence-corrected chi connectivity index (χ1v) is 8.71. The van der Waals surface area contributed by atoms with Crippen LogP contribution in [0.25, 0.3) is 0 Å². The van der Waals surface area contributed by atoms with Crippen molar-refractivity contribution in [2.24, 2.45) is 12.0 Å². The largest absolute Gasteiger partial charge is 0.497 e. The molecule has 0 aliphatic carbocycles. The van der Waals surface area contributed by atoms with Crippen molar-refractivity contribution in [2.45, 2.75) is 33.4 Å². The van der Waals surface area contributed by atoms with E-state index in [0.717, 1.165) is 29.7 Å². The normalized spacial score (nSPS) is 12.6. The van der Waals surface area contributed by atoms with Gasteiger partial charge in [-0.05, 0) is 32.9 Å². The van der Waals surface area contributed by atoms with E-state index in [2.05, 4.69) is 25.8 Å². The first kappa shape index (κ1) is 19.6. The number of ether oxygens (including phenoxy) is 2. The van der Waals surface area contributed by atoms with Crippen molar-refractivity contribution in [3.63, 3.8) is 0 Å². The Morgan fingerprint density at radius 2 is 2.04 bits per heavy atom. The highest BCUT2D eigenvalue weighted by atomic mass is 16.5. The van der Waals surface area contributed by atoms with E-state index in [0.29, 0.717) is 19.0 Å². The van der Waals surface area contributed by atoms with E-state index in [1.807, 2.05) is 56.7 Å². The second-order valence-electron chi connectivity index (χ2n) is 5.91. The van der Waals surface area contributed by atoms with Crippen molar-refractivity contribution < 1.29 is 9.47 Å². The van der Waals surface area contributed by atoms with Gasteiger partial charge >= 0.3 is 0 Å². The fraction of sp³-hybridized carbons (Fsp3) is 0.500. The van der Waals surface area contributed by atoms with Crippen LogP contribution in [0, 0.1) is 6.92 Å². The van der Waals surface area contributed by atoms with Crippen LogP contribution in [0.2, 0.25) is 0 Å². The average Bonchev–Trinajstić information content (AvgIpc) is 2.96. The number of hydrogen-bond acceptors (Lipinski definition) is 5. The van der Waals surface area contributed by atoms with Crippen molar-refractivity contribution in [2.75, 3.05) is 20.2 Å². The second-order valence-corrected chi connectivity index (χ2v) is 5.91. The Kier molecular flexibility index (Phi) is 7.25. The summed E-state index contributed by atoms with van der Waals surface area (Å²) in [7, 11) is 3.58. The minimum atomic E-state index is -0.0389. The molecule has 0 fully saturated rings. The number of nitrogens with zero attached hydrogens (tertiary/aromatic N) is 4. The molecule has 0 saturated carbocycles. The molecule has 0 radical (unpaired) electrons. The summed E-state index contributed by atoms with van der Waals surface area (Å²) in [4.78, 5) is 4.56. The van der Waals surface area contributed by atoms with Crippen LogP contribution < -0.4 is 20.1 Å². The van der Waals surface area contributed by atoms with Gasteiger partial charge in [0.1, 0.15) is 30.0 Å². The highest BCUT2D eigenvalue weighted by molar-refractivity contribution is 5.79. The maximum Gasteiger partial charge on any atom is 0.191 e. The minimum Gasteiger partial charge on any atom is -0.497 e. The third-order valence-corrected chi connectivity index (χ3v) is 3.84. The highest BCUT2D eigenvalue weighted by Gasteiger charge is 2.08. The Morgan fingerprint density at radius 1 is 1.27 bits per heavy atom. The van der Waals surface area contributed by atoms with Gasteiger partial charge in [0.2, 0.25) is 0 Å². The van der Waals surface area contributed by atoms with Gasteiger partial charge in [0.15, 0.2) is 11.8 Å². The Labute approximate surface area is 154 Å². The molecule has 1 unspecified atom stereocenters. The molecular formula is C18H28N6O2. The first-order valence-electron chi connectivity index (χ1n) is 8.71. The predicted molar refractivity (Wildman–Crippen MR) is 102 cm³/mol. The van der Waals surface area contributed by atoms with E-state index in [9.17, 15) is 0 Å². The number of hydrogen-bond donors (Lipinski definition) is 2. The Balaban J connectivity index is 1.90. The summed E-state index contributed by atoms with van der Waals surface area (Å²) in [6.45, 7) is 7.79. The van der Waals surface area contributed by atoms with Gasteiger partial charge in [0.25, 0.3) is 0 Å². The van der Waals surface area contributed by atoms with Crippen LogP contribution in [0.5, 0.6) is 11.5 Å². The van der Waals surface area contributed by atoms with Crippen molar-refractivity contribution in [1.82, 2.24) is 25.4 Å². The summed E-state index contributed by atoms with van der Waals surface area (Å²) in [5.41, 5.74) is 0. The number of guanidine groups is 1. The zero-order valence-electron chi connectivity index (χ0n) is 16.1. The summed E-state index contributed by atoms with van der Waals surface area (Å²) < 4.78 is 13.1. The molecule has 0 spiro atoms. The molecule has 8 nitrogen and oxygen atoms in total. The van der Waals surface area contributed by atoms with Crippen molar-refractivity contribution >= 4 is 5.96 Å². The van der Waals surface area contributed by atoms with E-state index in [4.69, 9.17) is 9.47 Å². The maximum atomic E-state index is 5.92. The first-order chi connectivity index (χ1) is 12.5. The molecule has 2 N–H and O–H groups in total. The molecule has 8 heteroatoms. The minimum absolute atomic E-state index is 0.0389. The lowest BCUT2D eigenvalue weighted by atomic mass is 10.3. The molecule has 0 aliphatic heterocycles. The third kappa shape index (κ3) is 5.65. The quantitative estimate of drug-likeness (QED) is 0.550. The zero-order valence-corrected chi connectivity index (χ0v) is 16.1. The molecule has 26 heavy (non-hydrogen) atoms. The summed E-state index contributed by atoms with van der Waals surface area (Å²) in [5, 5.41) is 14.7. The van der Waals surface area contributed by atoms with Crippen molar-refractivity contribution in [3.8, 4) is 11.5 Å². The number of aliphatic imine (C=N–C) groups is 1. The van der Waals surface area contributed by atoms with Crippen molar-refractivity contribution in [1.29, 1.82) is 0 Å². The van der Waals surface area contributed by atoms with Crippen LogP contribution in [0.1, 0.15) is 25.5 Å². The molecule has 1 aromatic heterocycles. The molecule has 1 heterocycles. The number of benzene rings is 1. The van der Waals surface area contributed by atoms with E-state index < -0.39 is 0 Å². The Bertz CT molecular complexity index is 728. The fourth-order valence-electron chi connectivity index (χ4n) is 2.27. The second kappa shape index (κ2) is 9.65. The molecule has 142 valence electrons. The van der Waals surface area contributed by atoms with Crippen LogP contribution in [-0.2, 0) is 13.6 Å². The van der Waals surface area contributed by atoms with E-state index in [1.165, 1.54) is 0 Å². The van der Waals surface area contributed by atoms with Crippen LogP contribution in [0.3, 0.4) is 0 Å². The summed E-state index contributed by atoms with van der Waals surface area (Å²) >= 11 is 0. The van der Waals surface area contributed by atoms with E-state index in [-0.39, 0.29) is 6.10 Å². The SMILES string of the molecule is CCNC(=NCc1nnc(C)n1C)NCC(C)Oc1cccc(OC)c1. The van der Waals surface area contributed by atoms with Gasteiger partial charge in [-0.15, -0.1) is 10.2 Å². The molecule has 2 aromatic rings. The Hall–Kier alpha value is -2.77. The standard InChI is InChI=1S/C18H28N6O2/c1-6-19-18(21-12-17-23-22-14(3)24(17)4)20-11-13(2)26-16-9-7-8-15(10-16)25-5/h7-10,13H,6,11-12H2,1-5H3,(H2,19,20,21). The number of aryl methyl sites for hydroxylation is 1. The van der Waals surface area contributed by atoms with Gasteiger partial charge in [0, 0.05) is 19.7 Å². The van der Waals surface area contributed by atoms with Gasteiger partial charge in [-0.25, -0.2) is 4.99 Å². The molecule has 0 bridgehead atoms. The van der Waals surface area contributed by atoms with Crippen LogP contribution in [0.4, 0.5) is 0 Å². The topological polar surface area (TPSA) is 85.6 Å². The van der Waals surface area contributed by atoms with E-state index in [1.54, 1.807) is 7.11 Å². The lowest BCUT2D eigenvalue weighted by Gasteiger charge is -2.18. The summed E-state index contributed by atoms with van der Waals surface area (Å²) in [5.74, 6) is 3.95. The Morgan fingerprint density at radius 3 is 2.69 bits per heavy atom. The summed E-state index contributed by atoms with van der Waals surface area (Å²) in [6.07, 6.45) is -0.0389. The maximum absolute atomic E-state index is 5.92. The van der Waals surface area contributed by atoms with Crippen LogP contribution in [-0.4, -0.2) is 47.0 Å². The van der Waals surface area contributed by atoms with Gasteiger partial charge in [-0.2, -0.15) is 0 Å². The smallest absolute Gasteiger partial charge is 0.191 e. The number of methoxy groups -OCH3 is 1. The van der Waals surface area contributed by atoms with Gasteiger partial charge in [-0.3, -0.25) is 0 Å². The lowest BCUT2D eigenvalue weighted by Crippen LogP contribution is -2.41. The number of rotatable bonds is 8. The van der Waals surface area contributed by atoms with Gasteiger partial charge in [-0.1, -0.05) is 6.07 Å². The summed E-state index contributed by atoms with van der Waals surface area (Å²) in [6, 6.07) is 7.57. The molecule has 1 aromatic carbocycles. The number of nitrogens with one attached hydrogen (secondary N) is 2. The van der Waals surface area contributed by atoms with Gasteiger partial charge < -0.3 is 24.7 Å². The molecule has 2 rings (SSSR count). The predicted octanol–water partition coefficient (Wildman–Crippen LogP) is 1.65. The fourth-order valence-corrected chi connectivity index (χ4v) is 2.27. The van der Waals surface area contributed by atoms with Crippen LogP contribution >= 0.6 is 0 Å². The zero-order chi connectivity index (χ0) is 18.9. The molecule has 0 amide bonds. The number of aromatic nitrogens is 3. The van der Waals surface area contributed by atoms with Crippen LogP contribution in [0.15, 0.2) is 29.3 Å². The average molecular weight is 360 g/mol. The van der Waals surface area contributed by atoms with E-state index >= 15 is 0 Å². The molecule has 0 saturated heterocycles.